The third-order valence-electron chi connectivity index (χ3n) is 2.24. The van der Waals surface area contributed by atoms with Crippen LogP contribution in [0.4, 0.5) is 0 Å². The standard InChI is InChI=1S/C9H16O2/c1-3-11-9-6-4-8(10-2)5-7-9/h3,8-9H,1,4-7H2,2H3. The second kappa shape index (κ2) is 4.39. The Bertz CT molecular complexity index is 115. The maximum absolute atomic E-state index is 5.28. The molecule has 0 saturated heterocycles. The van der Waals surface area contributed by atoms with Gasteiger partial charge in [-0.25, -0.2) is 0 Å². The summed E-state index contributed by atoms with van der Waals surface area (Å²) in [6.45, 7) is 3.54. The molecule has 64 valence electrons. The van der Waals surface area contributed by atoms with Crippen molar-refractivity contribution in [2.45, 2.75) is 37.9 Å². The molecular formula is C9H16O2. The minimum atomic E-state index is 0.388. The summed E-state index contributed by atoms with van der Waals surface area (Å²) in [6.07, 6.45) is 6.83. The molecular weight excluding hydrogens is 140 g/mol. The molecule has 0 heterocycles. The van der Waals surface area contributed by atoms with Crippen molar-refractivity contribution >= 4 is 0 Å². The van der Waals surface area contributed by atoms with Crippen LogP contribution in [0.15, 0.2) is 12.8 Å². The van der Waals surface area contributed by atoms with Gasteiger partial charge in [0.2, 0.25) is 0 Å². The van der Waals surface area contributed by atoms with E-state index in [1.807, 2.05) is 0 Å². The van der Waals surface area contributed by atoms with E-state index in [1.165, 1.54) is 6.26 Å². The Hall–Kier alpha value is -0.500. The highest BCUT2D eigenvalue weighted by atomic mass is 16.5. The predicted octanol–water partition coefficient (Wildman–Crippen LogP) is 2.10. The fourth-order valence-corrected chi connectivity index (χ4v) is 1.54. The van der Waals surface area contributed by atoms with E-state index in [0.29, 0.717) is 12.2 Å². The first-order chi connectivity index (χ1) is 5.36. The first-order valence-corrected chi connectivity index (χ1v) is 4.16. The smallest absolute Gasteiger partial charge is 0.0980 e. The Morgan fingerprint density at radius 2 is 1.73 bits per heavy atom. The highest BCUT2D eigenvalue weighted by molar-refractivity contribution is 4.74. The summed E-state index contributed by atoms with van der Waals surface area (Å²) in [6, 6.07) is 0. The number of methoxy groups -OCH3 is 1. The van der Waals surface area contributed by atoms with Gasteiger partial charge in [-0.1, -0.05) is 6.58 Å². The molecule has 1 aliphatic rings. The summed E-state index contributed by atoms with van der Waals surface area (Å²) < 4.78 is 10.5. The Morgan fingerprint density at radius 1 is 1.18 bits per heavy atom. The fourth-order valence-electron chi connectivity index (χ4n) is 1.54. The second-order valence-electron chi connectivity index (χ2n) is 2.94. The molecule has 1 saturated carbocycles. The average molecular weight is 156 g/mol. The summed E-state index contributed by atoms with van der Waals surface area (Å²) in [5.74, 6) is 0. The van der Waals surface area contributed by atoms with Crippen LogP contribution in [-0.2, 0) is 9.47 Å². The van der Waals surface area contributed by atoms with Gasteiger partial charge in [0.1, 0.15) is 0 Å². The zero-order valence-corrected chi connectivity index (χ0v) is 7.08. The lowest BCUT2D eigenvalue weighted by Crippen LogP contribution is -2.24. The van der Waals surface area contributed by atoms with Crippen LogP contribution >= 0.6 is 0 Å². The van der Waals surface area contributed by atoms with Gasteiger partial charge in [-0.05, 0) is 25.7 Å². The van der Waals surface area contributed by atoms with Crippen LogP contribution in [0.3, 0.4) is 0 Å². The molecule has 0 radical (unpaired) electrons. The molecule has 2 heteroatoms. The maximum atomic E-state index is 5.28. The molecule has 0 aromatic rings. The Balaban J connectivity index is 2.18. The molecule has 0 atom stereocenters. The largest absolute Gasteiger partial charge is 0.499 e. The van der Waals surface area contributed by atoms with Gasteiger partial charge < -0.3 is 9.47 Å². The van der Waals surface area contributed by atoms with Crippen LogP contribution in [-0.4, -0.2) is 19.3 Å². The van der Waals surface area contributed by atoms with Crippen molar-refractivity contribution in [2.24, 2.45) is 0 Å². The quantitative estimate of drug-likeness (QED) is 0.582. The Morgan fingerprint density at radius 3 is 2.18 bits per heavy atom. The van der Waals surface area contributed by atoms with E-state index in [1.54, 1.807) is 7.11 Å². The molecule has 0 bridgehead atoms. The van der Waals surface area contributed by atoms with Crippen LogP contribution in [0.5, 0.6) is 0 Å². The molecule has 0 aromatic heterocycles. The summed E-state index contributed by atoms with van der Waals surface area (Å²) in [5.41, 5.74) is 0. The SMILES string of the molecule is C=COC1CCC(OC)CC1. The number of hydrogen-bond acceptors (Lipinski definition) is 2. The van der Waals surface area contributed by atoms with Crippen molar-refractivity contribution in [2.75, 3.05) is 7.11 Å². The molecule has 0 aliphatic heterocycles. The second-order valence-corrected chi connectivity index (χ2v) is 2.94. The third-order valence-corrected chi connectivity index (χ3v) is 2.24. The fraction of sp³-hybridized carbons (Fsp3) is 0.778. The van der Waals surface area contributed by atoms with E-state index in [0.717, 1.165) is 25.7 Å². The molecule has 0 aromatic carbocycles. The summed E-state index contributed by atoms with van der Waals surface area (Å²) in [4.78, 5) is 0. The third kappa shape index (κ3) is 2.54. The molecule has 11 heavy (non-hydrogen) atoms. The van der Waals surface area contributed by atoms with Crippen molar-refractivity contribution in [3.63, 3.8) is 0 Å². The van der Waals surface area contributed by atoms with Crippen molar-refractivity contribution < 1.29 is 9.47 Å². The van der Waals surface area contributed by atoms with Crippen LogP contribution < -0.4 is 0 Å². The van der Waals surface area contributed by atoms with Crippen molar-refractivity contribution in [3.8, 4) is 0 Å². The van der Waals surface area contributed by atoms with E-state index in [-0.39, 0.29) is 0 Å². The van der Waals surface area contributed by atoms with Gasteiger partial charge in [0, 0.05) is 7.11 Å². The molecule has 0 unspecified atom stereocenters. The topological polar surface area (TPSA) is 18.5 Å². The van der Waals surface area contributed by atoms with Crippen molar-refractivity contribution in [1.82, 2.24) is 0 Å². The van der Waals surface area contributed by atoms with Crippen LogP contribution in [0.1, 0.15) is 25.7 Å². The van der Waals surface area contributed by atoms with Gasteiger partial charge in [-0.3, -0.25) is 0 Å². The molecule has 0 amide bonds. The molecule has 0 spiro atoms. The Kier molecular flexibility index (Phi) is 3.43. The predicted molar refractivity (Wildman–Crippen MR) is 44.3 cm³/mol. The minimum Gasteiger partial charge on any atom is -0.499 e. The molecule has 1 rings (SSSR count). The number of ether oxygens (including phenoxy) is 2. The zero-order valence-electron chi connectivity index (χ0n) is 7.08. The van der Waals surface area contributed by atoms with Gasteiger partial charge in [-0.15, -0.1) is 0 Å². The normalized spacial score (nSPS) is 31.4. The molecule has 1 fully saturated rings. The van der Waals surface area contributed by atoms with Gasteiger partial charge in [0.15, 0.2) is 0 Å². The average Bonchev–Trinajstić information content (AvgIpc) is 2.07. The lowest BCUT2D eigenvalue weighted by Gasteiger charge is -2.26. The minimum absolute atomic E-state index is 0.388. The van der Waals surface area contributed by atoms with Crippen LogP contribution in [0.2, 0.25) is 0 Å². The van der Waals surface area contributed by atoms with Gasteiger partial charge in [-0.2, -0.15) is 0 Å². The zero-order chi connectivity index (χ0) is 8.10. The Labute approximate surface area is 68.2 Å². The van der Waals surface area contributed by atoms with E-state index in [2.05, 4.69) is 6.58 Å². The molecule has 1 aliphatic carbocycles. The first kappa shape index (κ1) is 8.60. The van der Waals surface area contributed by atoms with Crippen LogP contribution in [0.25, 0.3) is 0 Å². The number of rotatable bonds is 3. The lowest BCUT2D eigenvalue weighted by molar-refractivity contribution is 0.0184. The first-order valence-electron chi connectivity index (χ1n) is 4.16. The monoisotopic (exact) mass is 156 g/mol. The van der Waals surface area contributed by atoms with Gasteiger partial charge in [0.05, 0.1) is 18.5 Å². The lowest BCUT2D eigenvalue weighted by atomic mass is 9.95. The summed E-state index contributed by atoms with van der Waals surface area (Å²) in [5, 5.41) is 0. The maximum Gasteiger partial charge on any atom is 0.0980 e. The molecule has 0 N–H and O–H groups in total. The van der Waals surface area contributed by atoms with E-state index < -0.39 is 0 Å². The van der Waals surface area contributed by atoms with Crippen LogP contribution in [0, 0.1) is 0 Å². The highest BCUT2D eigenvalue weighted by Gasteiger charge is 2.20. The summed E-state index contributed by atoms with van der Waals surface area (Å²) >= 11 is 0. The number of hydrogen-bond donors (Lipinski definition) is 0. The van der Waals surface area contributed by atoms with E-state index in [9.17, 15) is 0 Å². The van der Waals surface area contributed by atoms with Crippen molar-refractivity contribution in [3.05, 3.63) is 12.8 Å². The van der Waals surface area contributed by atoms with Crippen molar-refractivity contribution in [1.29, 1.82) is 0 Å². The van der Waals surface area contributed by atoms with E-state index >= 15 is 0 Å². The highest BCUT2D eigenvalue weighted by Crippen LogP contribution is 2.22. The van der Waals surface area contributed by atoms with E-state index in [4.69, 9.17) is 9.47 Å². The summed E-state index contributed by atoms with van der Waals surface area (Å²) in [7, 11) is 1.78. The van der Waals surface area contributed by atoms with Gasteiger partial charge >= 0.3 is 0 Å². The van der Waals surface area contributed by atoms with Gasteiger partial charge in [0.25, 0.3) is 0 Å². The molecule has 2 nitrogen and oxygen atoms in total.